The van der Waals surface area contributed by atoms with Crippen molar-refractivity contribution in [1.82, 2.24) is 0 Å². The summed E-state index contributed by atoms with van der Waals surface area (Å²) in [5.74, 6) is -0.200. The summed E-state index contributed by atoms with van der Waals surface area (Å²) >= 11 is 0. The molecule has 2 aromatic carbocycles. The maximum absolute atomic E-state index is 11.8. The maximum atomic E-state index is 11.8. The highest BCUT2D eigenvalue weighted by atomic mass is 16.1. The minimum absolute atomic E-state index is 0.200. The van der Waals surface area contributed by atoms with E-state index >= 15 is 0 Å². The fraction of sp³-hybridized carbons (Fsp3) is 0. The van der Waals surface area contributed by atoms with E-state index in [2.05, 4.69) is 11.4 Å². The van der Waals surface area contributed by atoms with Crippen LogP contribution in [0.3, 0.4) is 0 Å². The molecule has 2 rings (SSSR count). The van der Waals surface area contributed by atoms with Crippen LogP contribution in [-0.4, -0.2) is 5.91 Å². The number of benzene rings is 2. The molecule has 2 aromatic rings. The first-order valence-electron chi connectivity index (χ1n) is 5.07. The van der Waals surface area contributed by atoms with Crippen LogP contribution in [0, 0.1) is 17.4 Å². The van der Waals surface area contributed by atoms with Gasteiger partial charge in [0.15, 0.2) is 0 Å². The summed E-state index contributed by atoms with van der Waals surface area (Å²) in [7, 11) is 0. The number of carbonyl (C=O) groups excluding carboxylic acids is 1. The highest BCUT2D eigenvalue weighted by Crippen LogP contribution is 2.09. The first kappa shape index (κ1) is 10.9. The van der Waals surface area contributed by atoms with Crippen molar-refractivity contribution in [3.05, 3.63) is 65.7 Å². The molecule has 3 heteroatoms. The van der Waals surface area contributed by atoms with Crippen molar-refractivity contribution in [1.29, 1.82) is 5.26 Å². The van der Waals surface area contributed by atoms with Crippen LogP contribution in [0.4, 0.5) is 5.69 Å². The standard InChI is InChI=1S/C14H9N2O/c15-10-11-6-8-12(9-7-11)14(17)16-13-4-2-1-3-5-13/h1-2,4-9H,(H,16,17). The summed E-state index contributed by atoms with van der Waals surface area (Å²) in [6.07, 6.45) is 0. The van der Waals surface area contributed by atoms with Crippen molar-refractivity contribution < 1.29 is 4.79 Å². The van der Waals surface area contributed by atoms with Crippen molar-refractivity contribution >= 4 is 11.6 Å². The molecular formula is C14H9N2O. The van der Waals surface area contributed by atoms with Gasteiger partial charge in [-0.1, -0.05) is 12.1 Å². The zero-order chi connectivity index (χ0) is 12.1. The second kappa shape index (κ2) is 4.95. The summed E-state index contributed by atoms with van der Waals surface area (Å²) in [4.78, 5) is 11.8. The van der Waals surface area contributed by atoms with Crippen LogP contribution >= 0.6 is 0 Å². The fourth-order valence-corrected chi connectivity index (χ4v) is 1.37. The van der Waals surface area contributed by atoms with Gasteiger partial charge in [-0.25, -0.2) is 0 Å². The SMILES string of the molecule is N#Cc1ccc(C(=O)Nc2c[c]ccc2)cc1. The Kier molecular flexibility index (Phi) is 3.18. The molecule has 0 heterocycles. The van der Waals surface area contributed by atoms with Gasteiger partial charge in [-0.15, -0.1) is 0 Å². The highest BCUT2D eigenvalue weighted by Gasteiger charge is 2.05. The highest BCUT2D eigenvalue weighted by molar-refractivity contribution is 6.04. The van der Waals surface area contributed by atoms with E-state index in [0.29, 0.717) is 16.8 Å². The fourth-order valence-electron chi connectivity index (χ4n) is 1.37. The van der Waals surface area contributed by atoms with E-state index in [9.17, 15) is 4.79 Å². The van der Waals surface area contributed by atoms with Gasteiger partial charge in [0.05, 0.1) is 11.6 Å². The Morgan fingerprint density at radius 2 is 2.00 bits per heavy atom. The Labute approximate surface area is 99.3 Å². The molecule has 0 unspecified atom stereocenters. The first-order chi connectivity index (χ1) is 8.29. The number of anilines is 1. The average molecular weight is 221 g/mol. The minimum atomic E-state index is -0.200. The van der Waals surface area contributed by atoms with Crippen LogP contribution in [0.15, 0.2) is 48.5 Å². The van der Waals surface area contributed by atoms with Gasteiger partial charge in [0.1, 0.15) is 0 Å². The molecule has 1 N–H and O–H groups in total. The summed E-state index contributed by atoms with van der Waals surface area (Å²) in [6.45, 7) is 0. The lowest BCUT2D eigenvalue weighted by Gasteiger charge is -2.04. The van der Waals surface area contributed by atoms with E-state index in [-0.39, 0.29) is 5.91 Å². The topological polar surface area (TPSA) is 52.9 Å². The molecule has 0 aliphatic rings. The minimum Gasteiger partial charge on any atom is -0.322 e. The van der Waals surface area contributed by atoms with Gasteiger partial charge >= 0.3 is 0 Å². The second-order valence-electron chi connectivity index (χ2n) is 3.44. The predicted octanol–water partition coefficient (Wildman–Crippen LogP) is 2.61. The molecule has 1 radical (unpaired) electrons. The van der Waals surface area contributed by atoms with E-state index in [0.717, 1.165) is 0 Å². The van der Waals surface area contributed by atoms with Gasteiger partial charge in [-0.3, -0.25) is 4.79 Å². The van der Waals surface area contributed by atoms with Gasteiger partial charge < -0.3 is 5.32 Å². The maximum Gasteiger partial charge on any atom is 0.255 e. The number of rotatable bonds is 2. The van der Waals surface area contributed by atoms with E-state index in [1.54, 1.807) is 48.5 Å². The zero-order valence-electron chi connectivity index (χ0n) is 8.97. The molecule has 1 amide bonds. The third-order valence-corrected chi connectivity index (χ3v) is 2.24. The van der Waals surface area contributed by atoms with Crippen LogP contribution in [-0.2, 0) is 0 Å². The lowest BCUT2D eigenvalue weighted by Crippen LogP contribution is -2.11. The Balaban J connectivity index is 2.13. The van der Waals surface area contributed by atoms with Crippen LogP contribution in [0.25, 0.3) is 0 Å². The largest absolute Gasteiger partial charge is 0.322 e. The summed E-state index contributed by atoms with van der Waals surface area (Å²) in [5.41, 5.74) is 1.75. The van der Waals surface area contributed by atoms with Crippen LogP contribution in [0.1, 0.15) is 15.9 Å². The molecule has 0 aromatic heterocycles. The summed E-state index contributed by atoms with van der Waals surface area (Å²) in [6, 6.07) is 18.4. The van der Waals surface area contributed by atoms with E-state index in [4.69, 9.17) is 5.26 Å². The average Bonchev–Trinajstić information content (AvgIpc) is 2.40. The molecule has 3 nitrogen and oxygen atoms in total. The number of hydrogen-bond acceptors (Lipinski definition) is 2. The first-order valence-corrected chi connectivity index (χ1v) is 5.07. The Morgan fingerprint density at radius 3 is 2.59 bits per heavy atom. The van der Waals surface area contributed by atoms with E-state index in [1.165, 1.54) is 0 Å². The molecule has 0 saturated heterocycles. The van der Waals surface area contributed by atoms with Gasteiger partial charge in [0.25, 0.3) is 5.91 Å². The third kappa shape index (κ3) is 2.70. The molecule has 81 valence electrons. The molecule has 0 fully saturated rings. The van der Waals surface area contributed by atoms with Crippen molar-refractivity contribution in [3.63, 3.8) is 0 Å². The Morgan fingerprint density at radius 1 is 1.24 bits per heavy atom. The van der Waals surface area contributed by atoms with Gasteiger partial charge in [-0.2, -0.15) is 5.26 Å². The number of nitrogens with zero attached hydrogens (tertiary/aromatic N) is 1. The number of carbonyl (C=O) groups is 1. The second-order valence-corrected chi connectivity index (χ2v) is 3.44. The molecule has 0 spiro atoms. The van der Waals surface area contributed by atoms with E-state index in [1.807, 2.05) is 6.07 Å². The molecule has 0 aliphatic heterocycles. The van der Waals surface area contributed by atoms with Crippen LogP contribution in [0.5, 0.6) is 0 Å². The third-order valence-electron chi connectivity index (χ3n) is 2.24. The number of hydrogen-bond donors (Lipinski definition) is 1. The van der Waals surface area contributed by atoms with Gasteiger partial charge in [0.2, 0.25) is 0 Å². The van der Waals surface area contributed by atoms with Crippen LogP contribution in [0.2, 0.25) is 0 Å². The molecular weight excluding hydrogens is 212 g/mol. The van der Waals surface area contributed by atoms with Crippen molar-refractivity contribution in [2.45, 2.75) is 0 Å². The van der Waals surface area contributed by atoms with Crippen LogP contribution < -0.4 is 5.32 Å². The van der Waals surface area contributed by atoms with Gasteiger partial charge in [0, 0.05) is 11.3 Å². The number of amides is 1. The number of nitrogens with one attached hydrogen (secondary N) is 1. The van der Waals surface area contributed by atoms with Crippen molar-refractivity contribution in [3.8, 4) is 6.07 Å². The lowest BCUT2D eigenvalue weighted by molar-refractivity contribution is 0.102. The van der Waals surface area contributed by atoms with Crippen molar-refractivity contribution in [2.75, 3.05) is 5.32 Å². The monoisotopic (exact) mass is 221 g/mol. The molecule has 0 aliphatic carbocycles. The molecule has 0 bridgehead atoms. The Hall–Kier alpha value is -2.60. The normalized spacial score (nSPS) is 9.35. The smallest absolute Gasteiger partial charge is 0.255 e. The predicted molar refractivity (Wildman–Crippen MR) is 64.4 cm³/mol. The summed E-state index contributed by atoms with van der Waals surface area (Å²) < 4.78 is 0. The number of nitriles is 1. The molecule has 17 heavy (non-hydrogen) atoms. The summed E-state index contributed by atoms with van der Waals surface area (Å²) in [5, 5.41) is 11.4. The molecule has 0 saturated carbocycles. The zero-order valence-corrected chi connectivity index (χ0v) is 8.97. The van der Waals surface area contributed by atoms with E-state index < -0.39 is 0 Å². The van der Waals surface area contributed by atoms with Gasteiger partial charge in [-0.05, 0) is 42.5 Å². The van der Waals surface area contributed by atoms with Crippen molar-refractivity contribution in [2.24, 2.45) is 0 Å². The quantitative estimate of drug-likeness (QED) is 0.847. The Bertz CT molecular complexity index is 553. The molecule has 0 atom stereocenters. The lowest BCUT2D eigenvalue weighted by atomic mass is 10.1.